The molecule has 1 saturated heterocycles. The summed E-state index contributed by atoms with van der Waals surface area (Å²) in [6.07, 6.45) is 0.588. The van der Waals surface area contributed by atoms with E-state index >= 15 is 0 Å². The normalized spacial score (nSPS) is 22.0. The molecule has 0 radical (unpaired) electrons. The van der Waals surface area contributed by atoms with E-state index in [1.54, 1.807) is 12.1 Å². The Balaban J connectivity index is 2.33. The van der Waals surface area contributed by atoms with Crippen LogP contribution < -0.4 is 4.74 Å². The van der Waals surface area contributed by atoms with Crippen molar-refractivity contribution in [2.75, 3.05) is 18.6 Å². The first-order valence-corrected chi connectivity index (χ1v) is 7.03. The Bertz CT molecular complexity index is 575. The summed E-state index contributed by atoms with van der Waals surface area (Å²) in [6, 6.07) is 5.29. The first kappa shape index (κ1) is 11.9. The Kier molecular flexibility index (Phi) is 3.03. The van der Waals surface area contributed by atoms with Crippen molar-refractivity contribution < 1.29 is 13.2 Å². The van der Waals surface area contributed by atoms with Gasteiger partial charge in [-0.05, 0) is 18.6 Å². The van der Waals surface area contributed by atoms with E-state index in [1.807, 2.05) is 6.07 Å². The van der Waals surface area contributed by atoms with Crippen LogP contribution >= 0.6 is 0 Å². The predicted octanol–water partition coefficient (Wildman–Crippen LogP) is 0.864. The maximum Gasteiger partial charge on any atom is 0.231 e. The standard InChI is InChI=1S/C11H12N2O3S/c1-16-11-8(6-12)2-3-10(13-11)9-4-5-17(14,15)7-9/h2-3,9H,4-5,7H2,1H3. The number of rotatable bonds is 2. The highest BCUT2D eigenvalue weighted by molar-refractivity contribution is 7.91. The maximum atomic E-state index is 11.4. The van der Waals surface area contributed by atoms with Crippen molar-refractivity contribution in [2.24, 2.45) is 0 Å². The van der Waals surface area contributed by atoms with Crippen LogP contribution in [0.15, 0.2) is 12.1 Å². The number of methoxy groups -OCH3 is 1. The predicted molar refractivity (Wildman–Crippen MR) is 61.5 cm³/mol. The summed E-state index contributed by atoms with van der Waals surface area (Å²) in [5.74, 6) is 0.521. The van der Waals surface area contributed by atoms with Gasteiger partial charge in [0.25, 0.3) is 0 Å². The molecular weight excluding hydrogens is 240 g/mol. The minimum atomic E-state index is -2.92. The zero-order chi connectivity index (χ0) is 12.5. The molecule has 1 atom stereocenters. The van der Waals surface area contributed by atoms with E-state index in [0.717, 1.165) is 0 Å². The van der Waals surface area contributed by atoms with E-state index in [4.69, 9.17) is 10.00 Å². The van der Waals surface area contributed by atoms with E-state index in [-0.39, 0.29) is 23.3 Å². The van der Waals surface area contributed by atoms with Crippen molar-refractivity contribution in [3.05, 3.63) is 23.4 Å². The highest BCUT2D eigenvalue weighted by Gasteiger charge is 2.30. The molecule has 1 aromatic heterocycles. The summed E-state index contributed by atoms with van der Waals surface area (Å²) >= 11 is 0. The summed E-state index contributed by atoms with van der Waals surface area (Å²) in [7, 11) is -1.48. The van der Waals surface area contributed by atoms with Gasteiger partial charge in [0.2, 0.25) is 5.88 Å². The molecule has 0 amide bonds. The van der Waals surface area contributed by atoms with Crippen LogP contribution in [0.1, 0.15) is 23.6 Å². The third-order valence-corrected chi connectivity index (χ3v) is 4.61. The summed E-state index contributed by atoms with van der Waals surface area (Å²) in [5, 5.41) is 8.82. The van der Waals surface area contributed by atoms with Crippen molar-refractivity contribution in [2.45, 2.75) is 12.3 Å². The van der Waals surface area contributed by atoms with Crippen LogP contribution in [-0.2, 0) is 9.84 Å². The fourth-order valence-corrected chi connectivity index (χ4v) is 3.71. The van der Waals surface area contributed by atoms with Gasteiger partial charge in [0.15, 0.2) is 9.84 Å². The average Bonchev–Trinajstić information content (AvgIpc) is 2.68. The van der Waals surface area contributed by atoms with Gasteiger partial charge < -0.3 is 4.74 Å². The molecule has 1 aliphatic rings. The zero-order valence-corrected chi connectivity index (χ0v) is 10.2. The summed E-state index contributed by atoms with van der Waals surface area (Å²) < 4.78 is 27.8. The molecule has 6 heteroatoms. The van der Waals surface area contributed by atoms with Crippen LogP contribution in [0.5, 0.6) is 5.88 Å². The van der Waals surface area contributed by atoms with Crippen LogP contribution in [0.4, 0.5) is 0 Å². The Labute approximate surface area is 100.0 Å². The second-order valence-corrected chi connectivity index (χ2v) is 6.23. The number of hydrogen-bond donors (Lipinski definition) is 0. The zero-order valence-electron chi connectivity index (χ0n) is 9.38. The second kappa shape index (κ2) is 4.34. The molecule has 2 rings (SSSR count). The number of ether oxygens (including phenoxy) is 1. The van der Waals surface area contributed by atoms with Crippen LogP contribution in [0.3, 0.4) is 0 Å². The molecule has 1 unspecified atom stereocenters. The highest BCUT2D eigenvalue weighted by atomic mass is 32.2. The van der Waals surface area contributed by atoms with Gasteiger partial charge >= 0.3 is 0 Å². The molecule has 0 bridgehead atoms. The van der Waals surface area contributed by atoms with Gasteiger partial charge in [0.05, 0.1) is 18.6 Å². The quantitative estimate of drug-likeness (QED) is 0.780. The van der Waals surface area contributed by atoms with Crippen LogP contribution in [0, 0.1) is 11.3 Å². The lowest BCUT2D eigenvalue weighted by Crippen LogP contribution is -2.06. The summed E-state index contributed by atoms with van der Waals surface area (Å²) in [4.78, 5) is 4.20. The van der Waals surface area contributed by atoms with Crippen molar-refractivity contribution >= 4 is 9.84 Å². The van der Waals surface area contributed by atoms with Gasteiger partial charge in [-0.2, -0.15) is 5.26 Å². The van der Waals surface area contributed by atoms with Gasteiger partial charge in [-0.25, -0.2) is 13.4 Å². The van der Waals surface area contributed by atoms with E-state index < -0.39 is 9.84 Å². The molecule has 90 valence electrons. The average molecular weight is 252 g/mol. The Morgan fingerprint density at radius 3 is 2.82 bits per heavy atom. The fourth-order valence-electron chi connectivity index (χ4n) is 1.95. The topological polar surface area (TPSA) is 80.0 Å². The van der Waals surface area contributed by atoms with Gasteiger partial charge in [0, 0.05) is 11.6 Å². The number of pyridine rings is 1. The first-order chi connectivity index (χ1) is 8.05. The van der Waals surface area contributed by atoms with Crippen LogP contribution in [0.25, 0.3) is 0 Å². The minimum absolute atomic E-state index is 0.0818. The lowest BCUT2D eigenvalue weighted by atomic mass is 10.0. The molecule has 2 heterocycles. The first-order valence-electron chi connectivity index (χ1n) is 5.21. The van der Waals surface area contributed by atoms with Gasteiger partial charge in [-0.1, -0.05) is 0 Å². The molecule has 1 aliphatic heterocycles. The molecule has 1 fully saturated rings. The van der Waals surface area contributed by atoms with Crippen molar-refractivity contribution in [1.29, 1.82) is 5.26 Å². The molecule has 0 N–H and O–H groups in total. The molecule has 0 spiro atoms. The number of nitriles is 1. The Morgan fingerprint density at radius 1 is 1.53 bits per heavy atom. The number of nitrogens with zero attached hydrogens (tertiary/aromatic N) is 2. The highest BCUT2D eigenvalue weighted by Crippen LogP contribution is 2.29. The second-order valence-electron chi connectivity index (χ2n) is 4.00. The summed E-state index contributed by atoms with van der Waals surface area (Å²) in [6.45, 7) is 0. The molecule has 0 aliphatic carbocycles. The lowest BCUT2D eigenvalue weighted by molar-refractivity contribution is 0.394. The lowest BCUT2D eigenvalue weighted by Gasteiger charge is -2.09. The van der Waals surface area contributed by atoms with Gasteiger partial charge in [-0.3, -0.25) is 0 Å². The number of sulfone groups is 1. The van der Waals surface area contributed by atoms with Gasteiger partial charge in [0.1, 0.15) is 11.6 Å². The molecule has 5 nitrogen and oxygen atoms in total. The van der Waals surface area contributed by atoms with E-state index in [9.17, 15) is 8.42 Å². The van der Waals surface area contributed by atoms with Crippen molar-refractivity contribution in [3.63, 3.8) is 0 Å². The van der Waals surface area contributed by atoms with Gasteiger partial charge in [-0.15, -0.1) is 0 Å². The number of aromatic nitrogens is 1. The molecule has 17 heavy (non-hydrogen) atoms. The smallest absolute Gasteiger partial charge is 0.231 e. The molecular formula is C11H12N2O3S. The Hall–Kier alpha value is -1.61. The SMILES string of the molecule is COc1nc(C2CCS(=O)(=O)C2)ccc1C#N. The third-order valence-electron chi connectivity index (χ3n) is 2.85. The van der Waals surface area contributed by atoms with E-state index in [1.165, 1.54) is 7.11 Å². The van der Waals surface area contributed by atoms with E-state index in [2.05, 4.69) is 4.98 Å². The van der Waals surface area contributed by atoms with Crippen LogP contribution in [0.2, 0.25) is 0 Å². The minimum Gasteiger partial charge on any atom is -0.480 e. The van der Waals surface area contributed by atoms with Crippen molar-refractivity contribution in [3.8, 4) is 11.9 Å². The van der Waals surface area contributed by atoms with E-state index in [0.29, 0.717) is 17.7 Å². The largest absolute Gasteiger partial charge is 0.480 e. The number of hydrogen-bond acceptors (Lipinski definition) is 5. The monoisotopic (exact) mass is 252 g/mol. The van der Waals surface area contributed by atoms with Crippen molar-refractivity contribution in [1.82, 2.24) is 4.98 Å². The third kappa shape index (κ3) is 2.39. The molecule has 0 saturated carbocycles. The molecule has 0 aromatic carbocycles. The van der Waals surface area contributed by atoms with Crippen LogP contribution in [-0.4, -0.2) is 32.0 Å². The summed E-state index contributed by atoms with van der Waals surface area (Å²) in [5.41, 5.74) is 1.04. The molecule has 1 aromatic rings. The maximum absolute atomic E-state index is 11.4. The fraction of sp³-hybridized carbons (Fsp3) is 0.455. The Morgan fingerprint density at radius 2 is 2.29 bits per heavy atom.